The van der Waals surface area contributed by atoms with Gasteiger partial charge in [-0.15, -0.1) is 0 Å². The normalized spacial score (nSPS) is 19.8. The fourth-order valence-corrected chi connectivity index (χ4v) is 3.29. The number of hydrogen-bond donors (Lipinski definition) is 2. The predicted octanol–water partition coefficient (Wildman–Crippen LogP) is 1.30. The largest absolute Gasteiger partial charge is 0.493 e. The molecule has 2 N–H and O–H groups in total. The molecule has 2 rings (SSSR count). The number of benzene rings is 1. The second kappa shape index (κ2) is 9.11. The van der Waals surface area contributed by atoms with Crippen LogP contribution in [0.1, 0.15) is 18.9 Å². The molecular weight excluding hydrogens is 308 g/mol. The van der Waals surface area contributed by atoms with E-state index in [2.05, 4.69) is 10.2 Å². The zero-order valence-electron chi connectivity index (χ0n) is 15.2. The Hall–Kier alpha value is -1.50. The number of aliphatic hydroxyl groups excluding tert-OH is 1. The van der Waals surface area contributed by atoms with Crippen LogP contribution in [0.15, 0.2) is 12.1 Å². The Balaban J connectivity index is 1.98. The minimum absolute atomic E-state index is 0.193. The van der Waals surface area contributed by atoms with Crippen molar-refractivity contribution in [1.29, 1.82) is 0 Å². The lowest BCUT2D eigenvalue weighted by Crippen LogP contribution is -2.55. The van der Waals surface area contributed by atoms with Gasteiger partial charge in [0.2, 0.25) is 5.75 Å². The van der Waals surface area contributed by atoms with Crippen molar-refractivity contribution >= 4 is 0 Å². The van der Waals surface area contributed by atoms with Gasteiger partial charge >= 0.3 is 0 Å². The second-order valence-electron chi connectivity index (χ2n) is 6.19. The van der Waals surface area contributed by atoms with E-state index in [0.29, 0.717) is 17.2 Å². The van der Waals surface area contributed by atoms with E-state index >= 15 is 0 Å². The third kappa shape index (κ3) is 4.53. The second-order valence-corrected chi connectivity index (χ2v) is 6.19. The lowest BCUT2D eigenvalue weighted by atomic mass is 10.1. The fourth-order valence-electron chi connectivity index (χ4n) is 3.29. The van der Waals surface area contributed by atoms with Gasteiger partial charge in [-0.3, -0.25) is 4.90 Å². The highest BCUT2D eigenvalue weighted by atomic mass is 16.5. The molecule has 1 aromatic carbocycles. The number of methoxy groups -OCH3 is 3. The molecule has 6 nitrogen and oxygen atoms in total. The average molecular weight is 338 g/mol. The molecule has 0 spiro atoms. The molecule has 0 aromatic heterocycles. The number of nitrogens with one attached hydrogen (secondary N) is 1. The maximum absolute atomic E-state index is 9.93. The van der Waals surface area contributed by atoms with Crippen molar-refractivity contribution in [1.82, 2.24) is 10.2 Å². The van der Waals surface area contributed by atoms with Crippen molar-refractivity contribution in [2.75, 3.05) is 47.5 Å². The maximum atomic E-state index is 9.93. The summed E-state index contributed by atoms with van der Waals surface area (Å²) in [5.41, 5.74) is 1.16. The Labute approximate surface area is 144 Å². The van der Waals surface area contributed by atoms with E-state index in [1.165, 1.54) is 0 Å². The van der Waals surface area contributed by atoms with Crippen LogP contribution in [-0.4, -0.2) is 69.7 Å². The van der Waals surface area contributed by atoms with E-state index < -0.39 is 0 Å². The number of nitrogens with zero attached hydrogens (tertiary/aromatic N) is 1. The summed E-state index contributed by atoms with van der Waals surface area (Å²) in [7, 11) is 4.88. The molecule has 24 heavy (non-hydrogen) atoms. The first-order chi connectivity index (χ1) is 11.6. The third-order valence-electron chi connectivity index (χ3n) is 4.59. The molecule has 1 fully saturated rings. The van der Waals surface area contributed by atoms with Gasteiger partial charge in [-0.25, -0.2) is 0 Å². The standard InChI is InChI=1S/C18H30N2O4/c1-13(21)15-12-19-7-9-20(15)8-5-6-14-10-16(22-2)18(24-4)17(11-14)23-3/h10-11,13,15,19,21H,5-9,12H2,1-4H3/t13?,15-/m1/s1. The quantitative estimate of drug-likeness (QED) is 0.745. The minimum atomic E-state index is -0.320. The van der Waals surface area contributed by atoms with Gasteiger partial charge in [0, 0.05) is 25.7 Å². The molecule has 0 bridgehead atoms. The molecule has 0 radical (unpaired) electrons. The Morgan fingerprint density at radius 1 is 1.21 bits per heavy atom. The Morgan fingerprint density at radius 3 is 2.42 bits per heavy atom. The van der Waals surface area contributed by atoms with Crippen LogP contribution in [0.3, 0.4) is 0 Å². The molecule has 1 aliphatic heterocycles. The van der Waals surface area contributed by atoms with Crippen molar-refractivity contribution < 1.29 is 19.3 Å². The number of rotatable bonds is 8. The van der Waals surface area contributed by atoms with Crippen LogP contribution in [0.5, 0.6) is 17.2 Å². The molecule has 0 amide bonds. The van der Waals surface area contributed by atoms with Crippen molar-refractivity contribution in [3.05, 3.63) is 17.7 Å². The summed E-state index contributed by atoms with van der Waals surface area (Å²) in [5, 5.41) is 13.3. The Bertz CT molecular complexity index is 497. The van der Waals surface area contributed by atoms with Gasteiger partial charge in [0.1, 0.15) is 0 Å². The summed E-state index contributed by atoms with van der Waals surface area (Å²) in [4.78, 5) is 2.37. The zero-order chi connectivity index (χ0) is 17.5. The van der Waals surface area contributed by atoms with Crippen LogP contribution < -0.4 is 19.5 Å². The van der Waals surface area contributed by atoms with E-state index in [-0.39, 0.29) is 12.1 Å². The Kier molecular flexibility index (Phi) is 7.15. The van der Waals surface area contributed by atoms with Crippen LogP contribution in [0.2, 0.25) is 0 Å². The molecule has 1 aliphatic rings. The van der Waals surface area contributed by atoms with Gasteiger partial charge in [-0.2, -0.15) is 0 Å². The van der Waals surface area contributed by atoms with Gasteiger partial charge in [-0.05, 0) is 44.0 Å². The number of ether oxygens (including phenoxy) is 3. The average Bonchev–Trinajstić information content (AvgIpc) is 2.61. The number of piperazine rings is 1. The summed E-state index contributed by atoms with van der Waals surface area (Å²) in [6.45, 7) is 5.64. The SMILES string of the molecule is COc1cc(CCCN2CCNC[C@@H]2C(C)O)cc(OC)c1OC. The van der Waals surface area contributed by atoms with E-state index in [1.807, 2.05) is 19.1 Å². The lowest BCUT2D eigenvalue weighted by Gasteiger charge is -2.37. The topological polar surface area (TPSA) is 63.2 Å². The van der Waals surface area contributed by atoms with Gasteiger partial charge in [0.25, 0.3) is 0 Å². The van der Waals surface area contributed by atoms with Crippen LogP contribution in [0.4, 0.5) is 0 Å². The fraction of sp³-hybridized carbons (Fsp3) is 0.667. The summed E-state index contributed by atoms with van der Waals surface area (Å²) < 4.78 is 16.2. The molecule has 6 heteroatoms. The van der Waals surface area contributed by atoms with Crippen LogP contribution >= 0.6 is 0 Å². The highest BCUT2D eigenvalue weighted by Crippen LogP contribution is 2.38. The van der Waals surface area contributed by atoms with Gasteiger partial charge < -0.3 is 24.6 Å². The van der Waals surface area contributed by atoms with E-state index in [9.17, 15) is 5.11 Å². The highest BCUT2D eigenvalue weighted by molar-refractivity contribution is 5.53. The van der Waals surface area contributed by atoms with Gasteiger partial charge in [-0.1, -0.05) is 0 Å². The van der Waals surface area contributed by atoms with Crippen molar-refractivity contribution in [3.8, 4) is 17.2 Å². The smallest absolute Gasteiger partial charge is 0.203 e. The molecule has 1 unspecified atom stereocenters. The molecule has 0 saturated carbocycles. The first-order valence-corrected chi connectivity index (χ1v) is 8.52. The molecule has 1 heterocycles. The van der Waals surface area contributed by atoms with E-state index in [1.54, 1.807) is 21.3 Å². The number of aryl methyl sites for hydroxylation is 1. The van der Waals surface area contributed by atoms with Crippen molar-refractivity contribution in [2.24, 2.45) is 0 Å². The predicted molar refractivity (Wildman–Crippen MR) is 94.3 cm³/mol. The summed E-state index contributed by atoms with van der Waals surface area (Å²) in [6, 6.07) is 4.20. The maximum Gasteiger partial charge on any atom is 0.203 e. The molecular formula is C18H30N2O4. The molecule has 1 aromatic rings. The summed E-state index contributed by atoms with van der Waals surface area (Å²) in [5.74, 6) is 2.01. The van der Waals surface area contributed by atoms with Crippen LogP contribution in [0, 0.1) is 0 Å². The highest BCUT2D eigenvalue weighted by Gasteiger charge is 2.25. The van der Waals surface area contributed by atoms with Crippen LogP contribution in [0.25, 0.3) is 0 Å². The summed E-state index contributed by atoms with van der Waals surface area (Å²) in [6.07, 6.45) is 1.62. The number of hydrogen-bond acceptors (Lipinski definition) is 6. The lowest BCUT2D eigenvalue weighted by molar-refractivity contribution is 0.0447. The molecule has 136 valence electrons. The van der Waals surface area contributed by atoms with Crippen LogP contribution in [-0.2, 0) is 6.42 Å². The third-order valence-corrected chi connectivity index (χ3v) is 4.59. The van der Waals surface area contributed by atoms with Crippen molar-refractivity contribution in [3.63, 3.8) is 0 Å². The van der Waals surface area contributed by atoms with Gasteiger partial charge in [0.15, 0.2) is 11.5 Å². The minimum Gasteiger partial charge on any atom is -0.493 e. The van der Waals surface area contributed by atoms with Crippen molar-refractivity contribution in [2.45, 2.75) is 31.9 Å². The first-order valence-electron chi connectivity index (χ1n) is 8.52. The van der Waals surface area contributed by atoms with Gasteiger partial charge in [0.05, 0.1) is 27.4 Å². The van der Waals surface area contributed by atoms with E-state index in [4.69, 9.17) is 14.2 Å². The Morgan fingerprint density at radius 2 is 1.88 bits per heavy atom. The number of aliphatic hydroxyl groups is 1. The van der Waals surface area contributed by atoms with E-state index in [0.717, 1.165) is 44.6 Å². The molecule has 2 atom stereocenters. The monoisotopic (exact) mass is 338 g/mol. The first kappa shape index (κ1) is 18.8. The molecule has 1 saturated heterocycles. The zero-order valence-corrected chi connectivity index (χ0v) is 15.2. The summed E-state index contributed by atoms with van der Waals surface area (Å²) >= 11 is 0. The molecule has 0 aliphatic carbocycles.